The van der Waals surface area contributed by atoms with Gasteiger partial charge in [0.15, 0.2) is 6.10 Å². The molecule has 0 fully saturated rings. The second-order valence-corrected chi connectivity index (χ2v) is 8.56. The number of nitrogens with zero attached hydrogens (tertiary/aromatic N) is 1. The van der Waals surface area contributed by atoms with E-state index in [1.165, 1.54) is 0 Å². The van der Waals surface area contributed by atoms with Crippen LogP contribution in [0.2, 0.25) is 0 Å². The molecule has 0 radical (unpaired) electrons. The number of rotatable bonds is 4. The third kappa shape index (κ3) is 3.62. The number of benzene rings is 2. The van der Waals surface area contributed by atoms with Gasteiger partial charge in [-0.2, -0.15) is 0 Å². The Kier molecular flexibility index (Phi) is 4.87. The van der Waals surface area contributed by atoms with Crippen molar-refractivity contribution in [3.8, 4) is 16.9 Å². The van der Waals surface area contributed by atoms with Crippen LogP contribution in [0.4, 0.5) is 0 Å². The van der Waals surface area contributed by atoms with Crippen molar-refractivity contribution < 1.29 is 19.4 Å². The zero-order valence-corrected chi connectivity index (χ0v) is 17.4. The summed E-state index contributed by atoms with van der Waals surface area (Å²) < 4.78 is 13.7. The third-order valence-corrected chi connectivity index (χ3v) is 5.29. The molecular weight excluding hydrogens is 366 g/mol. The van der Waals surface area contributed by atoms with Gasteiger partial charge in [0.1, 0.15) is 5.75 Å². The maximum Gasteiger partial charge on any atom is 0.339 e. The minimum atomic E-state index is -1.07. The highest BCUT2D eigenvalue weighted by Crippen LogP contribution is 2.41. The van der Waals surface area contributed by atoms with E-state index in [4.69, 9.17) is 9.47 Å². The van der Waals surface area contributed by atoms with Crippen molar-refractivity contribution in [3.63, 3.8) is 0 Å². The first-order chi connectivity index (χ1) is 13.8. The third-order valence-electron chi connectivity index (χ3n) is 5.29. The fourth-order valence-electron chi connectivity index (χ4n) is 4.12. The van der Waals surface area contributed by atoms with Crippen LogP contribution in [-0.4, -0.2) is 27.9 Å². The maximum absolute atomic E-state index is 12.3. The van der Waals surface area contributed by atoms with E-state index in [0.717, 1.165) is 52.8 Å². The monoisotopic (exact) mass is 393 g/mol. The van der Waals surface area contributed by atoms with E-state index in [2.05, 4.69) is 6.07 Å². The molecule has 1 aromatic heterocycles. The number of carbonyl (C=O) groups is 1. The first-order valence-electron chi connectivity index (χ1n) is 10.0. The molecule has 1 N–H and O–H groups in total. The highest BCUT2D eigenvalue weighted by Gasteiger charge is 2.33. The van der Waals surface area contributed by atoms with E-state index in [9.17, 15) is 9.90 Å². The molecule has 152 valence electrons. The van der Waals surface area contributed by atoms with Crippen LogP contribution in [0.15, 0.2) is 42.5 Å². The average Bonchev–Trinajstić information content (AvgIpc) is 2.97. The van der Waals surface area contributed by atoms with Crippen LogP contribution in [0.3, 0.4) is 0 Å². The van der Waals surface area contributed by atoms with E-state index in [1.54, 1.807) is 0 Å². The van der Waals surface area contributed by atoms with Crippen LogP contribution in [0.25, 0.3) is 22.0 Å². The van der Waals surface area contributed by atoms with E-state index >= 15 is 0 Å². The summed E-state index contributed by atoms with van der Waals surface area (Å²) in [5, 5.41) is 11.1. The van der Waals surface area contributed by atoms with E-state index < -0.39 is 17.7 Å². The number of aryl methyl sites for hydroxylation is 2. The molecule has 0 aliphatic carbocycles. The molecule has 1 aliphatic heterocycles. The van der Waals surface area contributed by atoms with E-state index in [-0.39, 0.29) is 0 Å². The second kappa shape index (κ2) is 7.23. The van der Waals surface area contributed by atoms with Crippen molar-refractivity contribution in [1.82, 2.24) is 4.57 Å². The standard InChI is InChI=1S/C24H27NO4/c1-24(2,3)29-22(23(26)27)21-20(17-9-5-6-10-18(17)25(21)4)16-11-12-19-15(14-16)8-7-13-28-19/h5-6,9-12,14,22H,7-8,13H2,1-4H3,(H,26,27)/t22-/m0/s1. The van der Waals surface area contributed by atoms with Gasteiger partial charge in [-0.05, 0) is 62.9 Å². The van der Waals surface area contributed by atoms with Crippen LogP contribution in [0.1, 0.15) is 44.6 Å². The Hall–Kier alpha value is -2.79. The normalized spacial score (nSPS) is 15.0. The minimum absolute atomic E-state index is 0.597. The van der Waals surface area contributed by atoms with Crippen molar-refractivity contribution in [1.29, 1.82) is 0 Å². The van der Waals surface area contributed by atoms with Gasteiger partial charge in [0.05, 0.1) is 17.9 Å². The Morgan fingerprint density at radius 3 is 2.69 bits per heavy atom. The molecule has 1 aliphatic rings. The number of aliphatic carboxylic acids is 1. The van der Waals surface area contributed by atoms with Crippen LogP contribution < -0.4 is 4.74 Å². The molecular formula is C24H27NO4. The number of hydrogen-bond acceptors (Lipinski definition) is 3. The molecule has 3 aromatic rings. The summed E-state index contributed by atoms with van der Waals surface area (Å²) in [5.74, 6) is -0.0733. The van der Waals surface area contributed by atoms with Crippen molar-refractivity contribution in [2.45, 2.75) is 45.3 Å². The zero-order valence-electron chi connectivity index (χ0n) is 17.4. The highest BCUT2D eigenvalue weighted by molar-refractivity contribution is 6.00. The van der Waals surface area contributed by atoms with Crippen molar-refractivity contribution in [3.05, 3.63) is 53.7 Å². The van der Waals surface area contributed by atoms with Crippen LogP contribution in [-0.2, 0) is 23.0 Å². The quantitative estimate of drug-likeness (QED) is 0.669. The molecule has 0 saturated carbocycles. The first-order valence-corrected chi connectivity index (χ1v) is 10.0. The Labute approximate surface area is 170 Å². The minimum Gasteiger partial charge on any atom is -0.493 e. The summed E-state index contributed by atoms with van der Waals surface area (Å²) in [5.41, 5.74) is 4.11. The predicted octanol–water partition coefficient (Wildman–Crippen LogP) is 5.11. The van der Waals surface area contributed by atoms with Gasteiger partial charge in [0, 0.05) is 23.5 Å². The maximum atomic E-state index is 12.3. The lowest BCUT2D eigenvalue weighted by atomic mass is 9.95. The fourth-order valence-corrected chi connectivity index (χ4v) is 4.12. The molecule has 0 amide bonds. The number of ether oxygens (including phenoxy) is 2. The summed E-state index contributed by atoms with van der Waals surface area (Å²) in [6, 6.07) is 14.2. The van der Waals surface area contributed by atoms with Crippen molar-refractivity contribution in [2.75, 3.05) is 6.61 Å². The Bertz CT molecular complexity index is 1070. The van der Waals surface area contributed by atoms with Gasteiger partial charge < -0.3 is 19.1 Å². The second-order valence-electron chi connectivity index (χ2n) is 8.56. The largest absolute Gasteiger partial charge is 0.493 e. The molecule has 0 bridgehead atoms. The van der Waals surface area contributed by atoms with Gasteiger partial charge in [-0.1, -0.05) is 24.3 Å². The van der Waals surface area contributed by atoms with Gasteiger partial charge in [0.2, 0.25) is 0 Å². The molecule has 29 heavy (non-hydrogen) atoms. The number of carboxylic acids is 1. The molecule has 5 nitrogen and oxygen atoms in total. The number of aromatic nitrogens is 1. The molecule has 4 rings (SSSR count). The predicted molar refractivity (Wildman–Crippen MR) is 113 cm³/mol. The zero-order chi connectivity index (χ0) is 20.8. The molecule has 5 heteroatoms. The van der Waals surface area contributed by atoms with Crippen LogP contribution in [0, 0.1) is 0 Å². The lowest BCUT2D eigenvalue weighted by Crippen LogP contribution is -2.28. The first kappa shape index (κ1) is 19.5. The Balaban J connectivity index is 1.98. The van der Waals surface area contributed by atoms with Crippen LogP contribution in [0.5, 0.6) is 5.75 Å². The SMILES string of the molecule is Cn1c([C@H](OC(C)(C)C)C(=O)O)c(-c2ccc3c(c2)CCCO3)c2ccccc21. The molecule has 0 unspecified atom stereocenters. The Morgan fingerprint density at radius 2 is 1.97 bits per heavy atom. The topological polar surface area (TPSA) is 60.7 Å². The summed E-state index contributed by atoms with van der Waals surface area (Å²) in [6.07, 6.45) is 0.878. The van der Waals surface area contributed by atoms with E-state index in [1.807, 2.05) is 68.8 Å². The molecule has 0 spiro atoms. The number of fused-ring (bicyclic) bond motifs is 2. The number of para-hydroxylation sites is 1. The lowest BCUT2D eigenvalue weighted by molar-refractivity contribution is -0.161. The highest BCUT2D eigenvalue weighted by atomic mass is 16.5. The van der Waals surface area contributed by atoms with Gasteiger partial charge >= 0.3 is 5.97 Å². The fraction of sp³-hybridized carbons (Fsp3) is 0.375. The molecule has 2 heterocycles. The smallest absolute Gasteiger partial charge is 0.339 e. The number of carboxylic acid groups (broad SMARTS) is 1. The van der Waals surface area contributed by atoms with Gasteiger partial charge in [-0.25, -0.2) is 4.79 Å². The molecule has 2 aromatic carbocycles. The van der Waals surface area contributed by atoms with Gasteiger partial charge in [-0.3, -0.25) is 0 Å². The number of hydrogen-bond donors (Lipinski definition) is 1. The van der Waals surface area contributed by atoms with Gasteiger partial charge in [0.25, 0.3) is 0 Å². The summed E-state index contributed by atoms with van der Waals surface area (Å²) in [4.78, 5) is 12.3. The van der Waals surface area contributed by atoms with Gasteiger partial charge in [-0.15, -0.1) is 0 Å². The van der Waals surface area contributed by atoms with Crippen molar-refractivity contribution in [2.24, 2.45) is 7.05 Å². The van der Waals surface area contributed by atoms with E-state index in [0.29, 0.717) is 5.69 Å². The lowest BCUT2D eigenvalue weighted by Gasteiger charge is -2.26. The molecule has 1 atom stereocenters. The Morgan fingerprint density at radius 1 is 1.21 bits per heavy atom. The van der Waals surface area contributed by atoms with Crippen molar-refractivity contribution >= 4 is 16.9 Å². The summed E-state index contributed by atoms with van der Waals surface area (Å²) in [6.45, 7) is 6.37. The average molecular weight is 393 g/mol. The summed E-state index contributed by atoms with van der Waals surface area (Å²) >= 11 is 0. The molecule has 0 saturated heterocycles. The summed E-state index contributed by atoms with van der Waals surface area (Å²) in [7, 11) is 1.91. The van der Waals surface area contributed by atoms with Crippen LogP contribution >= 0.6 is 0 Å².